The van der Waals surface area contributed by atoms with Gasteiger partial charge in [0.1, 0.15) is 4.88 Å². The average Bonchev–Trinajstić information content (AvgIpc) is 3.04. The number of aromatic carboxylic acids is 1. The molecule has 2 aromatic heterocycles. The summed E-state index contributed by atoms with van der Waals surface area (Å²) in [6.07, 6.45) is -4.78. The first-order valence-corrected chi connectivity index (χ1v) is 8.35. The summed E-state index contributed by atoms with van der Waals surface area (Å²) in [5.74, 6) is -1.26. The Labute approximate surface area is 145 Å². The summed E-state index contributed by atoms with van der Waals surface area (Å²) >= 11 is 0.529. The van der Waals surface area contributed by atoms with Gasteiger partial charge in [0.2, 0.25) is 0 Å². The number of aryl methyl sites for hydroxylation is 1. The Morgan fingerprint density at radius 2 is 1.84 bits per heavy atom. The quantitative estimate of drug-likeness (QED) is 0.690. The SMILES string of the molecule is Cc1c(-c2ccc(C(C)C)cc2)nc2sc(C(=O)O)c(C(F)(F)F)n12. The fourth-order valence-electron chi connectivity index (χ4n) is 2.75. The van der Waals surface area contributed by atoms with Crippen LogP contribution < -0.4 is 0 Å². The molecular formula is C17H15F3N2O2S. The molecule has 0 aliphatic heterocycles. The van der Waals surface area contributed by atoms with Gasteiger partial charge in [0, 0.05) is 11.3 Å². The molecule has 0 saturated carbocycles. The van der Waals surface area contributed by atoms with Crippen LogP contribution in [0.4, 0.5) is 13.2 Å². The molecule has 25 heavy (non-hydrogen) atoms. The molecule has 0 unspecified atom stereocenters. The Morgan fingerprint density at radius 1 is 1.24 bits per heavy atom. The zero-order valence-corrected chi connectivity index (χ0v) is 14.5. The van der Waals surface area contributed by atoms with Crippen molar-refractivity contribution in [1.82, 2.24) is 9.38 Å². The van der Waals surface area contributed by atoms with E-state index in [0.29, 0.717) is 28.5 Å². The smallest absolute Gasteiger partial charge is 0.433 e. The lowest BCUT2D eigenvalue weighted by Gasteiger charge is -2.09. The molecule has 132 valence electrons. The molecule has 0 fully saturated rings. The first-order chi connectivity index (χ1) is 11.6. The van der Waals surface area contributed by atoms with Crippen LogP contribution in [0.5, 0.6) is 0 Å². The van der Waals surface area contributed by atoms with Gasteiger partial charge in [-0.3, -0.25) is 4.40 Å². The van der Waals surface area contributed by atoms with Crippen molar-refractivity contribution >= 4 is 22.3 Å². The Balaban J connectivity index is 2.21. The van der Waals surface area contributed by atoms with E-state index >= 15 is 0 Å². The number of halogens is 3. The Morgan fingerprint density at radius 3 is 2.32 bits per heavy atom. The van der Waals surface area contributed by atoms with Crippen molar-refractivity contribution in [2.45, 2.75) is 32.9 Å². The Kier molecular flexibility index (Phi) is 4.10. The van der Waals surface area contributed by atoms with Crippen LogP contribution >= 0.6 is 11.3 Å². The van der Waals surface area contributed by atoms with Gasteiger partial charge >= 0.3 is 12.1 Å². The summed E-state index contributed by atoms with van der Waals surface area (Å²) in [7, 11) is 0. The van der Waals surface area contributed by atoms with Crippen LogP contribution in [0.1, 0.15) is 46.4 Å². The maximum Gasteiger partial charge on any atom is 0.433 e. The molecule has 0 aliphatic rings. The third kappa shape index (κ3) is 2.90. The second kappa shape index (κ2) is 5.87. The zero-order chi connectivity index (χ0) is 18.5. The lowest BCUT2D eigenvalue weighted by Crippen LogP contribution is -2.14. The van der Waals surface area contributed by atoms with Crippen LogP contribution in [0.2, 0.25) is 0 Å². The molecule has 0 saturated heterocycles. The largest absolute Gasteiger partial charge is 0.477 e. The molecule has 1 aromatic carbocycles. The number of benzene rings is 1. The summed E-state index contributed by atoms with van der Waals surface area (Å²) in [4.78, 5) is 14.7. The van der Waals surface area contributed by atoms with Crippen molar-refractivity contribution in [3.05, 3.63) is 46.1 Å². The lowest BCUT2D eigenvalue weighted by atomic mass is 10.0. The second-order valence-electron chi connectivity index (χ2n) is 6.02. The zero-order valence-electron chi connectivity index (χ0n) is 13.7. The van der Waals surface area contributed by atoms with Crippen LogP contribution in [0.25, 0.3) is 16.2 Å². The van der Waals surface area contributed by atoms with Crippen LogP contribution in [0, 0.1) is 6.92 Å². The van der Waals surface area contributed by atoms with E-state index < -0.39 is 22.7 Å². The molecule has 4 nitrogen and oxygen atoms in total. The summed E-state index contributed by atoms with van der Waals surface area (Å²) in [6, 6.07) is 7.47. The fraction of sp³-hybridized carbons (Fsp3) is 0.294. The highest BCUT2D eigenvalue weighted by Crippen LogP contribution is 2.39. The van der Waals surface area contributed by atoms with Crippen molar-refractivity contribution < 1.29 is 23.1 Å². The molecule has 3 aromatic rings. The topological polar surface area (TPSA) is 54.6 Å². The molecule has 0 amide bonds. The number of thiazole rings is 1. The van der Waals surface area contributed by atoms with Crippen LogP contribution in [-0.2, 0) is 6.18 Å². The third-order valence-electron chi connectivity index (χ3n) is 4.02. The minimum atomic E-state index is -4.78. The van der Waals surface area contributed by atoms with Gasteiger partial charge in [-0.2, -0.15) is 13.2 Å². The molecular weight excluding hydrogens is 353 g/mol. The van der Waals surface area contributed by atoms with Crippen molar-refractivity contribution in [3.63, 3.8) is 0 Å². The summed E-state index contributed by atoms with van der Waals surface area (Å²) < 4.78 is 41.1. The highest BCUT2D eigenvalue weighted by Gasteiger charge is 2.41. The highest BCUT2D eigenvalue weighted by molar-refractivity contribution is 7.19. The number of carboxylic acids is 1. The lowest BCUT2D eigenvalue weighted by molar-refractivity contribution is -0.142. The molecule has 0 aliphatic carbocycles. The van der Waals surface area contributed by atoms with Crippen molar-refractivity contribution in [3.8, 4) is 11.3 Å². The number of imidazole rings is 1. The normalized spacial score (nSPS) is 12.3. The number of alkyl halides is 3. The van der Waals surface area contributed by atoms with Crippen LogP contribution in [-0.4, -0.2) is 20.5 Å². The number of nitrogens with zero attached hydrogens (tertiary/aromatic N) is 2. The number of fused-ring (bicyclic) bond motifs is 1. The molecule has 0 bridgehead atoms. The second-order valence-corrected chi connectivity index (χ2v) is 7.00. The van der Waals surface area contributed by atoms with E-state index in [0.717, 1.165) is 9.96 Å². The summed E-state index contributed by atoms with van der Waals surface area (Å²) in [5, 5.41) is 9.08. The van der Waals surface area contributed by atoms with Gasteiger partial charge < -0.3 is 5.11 Å². The molecule has 0 atom stereocenters. The van der Waals surface area contributed by atoms with Gasteiger partial charge in [0.15, 0.2) is 10.7 Å². The Hall–Kier alpha value is -2.35. The van der Waals surface area contributed by atoms with Crippen molar-refractivity contribution in [1.29, 1.82) is 0 Å². The van der Waals surface area contributed by atoms with E-state index in [1.165, 1.54) is 6.92 Å². The van der Waals surface area contributed by atoms with Gasteiger partial charge in [0.25, 0.3) is 0 Å². The van der Waals surface area contributed by atoms with Crippen LogP contribution in [0.15, 0.2) is 24.3 Å². The monoisotopic (exact) mass is 368 g/mol. The minimum absolute atomic E-state index is 0.0187. The highest BCUT2D eigenvalue weighted by atomic mass is 32.1. The fourth-order valence-corrected chi connectivity index (χ4v) is 3.78. The van der Waals surface area contributed by atoms with Gasteiger partial charge in [0.05, 0.1) is 5.69 Å². The number of aromatic nitrogens is 2. The predicted molar refractivity (Wildman–Crippen MR) is 89.3 cm³/mol. The van der Waals surface area contributed by atoms with Gasteiger partial charge in [-0.25, -0.2) is 9.78 Å². The number of hydrogen-bond donors (Lipinski definition) is 1. The van der Waals surface area contributed by atoms with E-state index in [1.54, 1.807) is 0 Å². The predicted octanol–water partition coefficient (Wildman–Crippen LogP) is 5.21. The molecule has 8 heteroatoms. The Bertz CT molecular complexity index is 953. The maximum absolute atomic E-state index is 13.4. The molecule has 2 heterocycles. The average molecular weight is 368 g/mol. The first-order valence-electron chi connectivity index (χ1n) is 7.54. The standard InChI is InChI=1S/C17H15F3N2O2S/c1-8(2)10-4-6-11(7-5-10)12-9(3)22-14(17(18,19)20)13(15(23)24)25-16(22)21-12/h4-8H,1-3H3,(H,23,24). The van der Waals surface area contributed by atoms with Gasteiger partial charge in [-0.15, -0.1) is 0 Å². The molecule has 0 radical (unpaired) electrons. The van der Waals surface area contributed by atoms with E-state index in [4.69, 9.17) is 5.11 Å². The van der Waals surface area contributed by atoms with Gasteiger partial charge in [-0.05, 0) is 18.4 Å². The third-order valence-corrected chi connectivity index (χ3v) is 5.05. The minimum Gasteiger partial charge on any atom is -0.477 e. The van der Waals surface area contributed by atoms with Crippen molar-refractivity contribution in [2.75, 3.05) is 0 Å². The van der Waals surface area contributed by atoms with Crippen molar-refractivity contribution in [2.24, 2.45) is 0 Å². The molecule has 1 N–H and O–H groups in total. The number of rotatable bonds is 3. The number of carboxylic acid groups (broad SMARTS) is 1. The maximum atomic E-state index is 13.4. The molecule has 0 spiro atoms. The summed E-state index contributed by atoms with van der Waals surface area (Å²) in [5.41, 5.74) is 1.32. The van der Waals surface area contributed by atoms with E-state index in [1.807, 2.05) is 24.3 Å². The number of hydrogen-bond acceptors (Lipinski definition) is 3. The summed E-state index contributed by atoms with van der Waals surface area (Å²) in [6.45, 7) is 5.62. The van der Waals surface area contributed by atoms with E-state index in [9.17, 15) is 18.0 Å². The number of carbonyl (C=O) groups is 1. The van der Waals surface area contributed by atoms with E-state index in [-0.39, 0.29) is 10.7 Å². The van der Waals surface area contributed by atoms with Gasteiger partial charge in [-0.1, -0.05) is 49.4 Å². The first kappa shape index (κ1) is 17.5. The molecule has 3 rings (SSSR count). The van der Waals surface area contributed by atoms with E-state index in [2.05, 4.69) is 18.8 Å². The van der Waals surface area contributed by atoms with Crippen LogP contribution in [0.3, 0.4) is 0 Å².